The van der Waals surface area contributed by atoms with Gasteiger partial charge in [0.25, 0.3) is 0 Å². The number of nitrogens with one attached hydrogen (secondary N) is 1. The molecule has 1 fully saturated rings. The molecule has 0 bridgehead atoms. The van der Waals surface area contributed by atoms with Gasteiger partial charge in [0.1, 0.15) is 0 Å². The first-order valence-electron chi connectivity index (χ1n) is 6.82. The maximum absolute atomic E-state index is 12.3. The zero-order valence-electron chi connectivity index (χ0n) is 11.7. The number of carbonyl (C=O) groups excluding carboxylic acids is 1. The van der Waals surface area contributed by atoms with E-state index in [0.29, 0.717) is 17.3 Å². The summed E-state index contributed by atoms with van der Waals surface area (Å²) in [4.78, 5) is 26.0. The number of carbonyl (C=O) groups is 2. The normalized spacial score (nSPS) is 24.2. The summed E-state index contributed by atoms with van der Waals surface area (Å²) >= 11 is 1.34. The van der Waals surface area contributed by atoms with Crippen molar-refractivity contribution < 1.29 is 14.7 Å². The summed E-state index contributed by atoms with van der Waals surface area (Å²) in [5.41, 5.74) is 0. The second-order valence-electron chi connectivity index (χ2n) is 5.42. The lowest BCUT2D eigenvalue weighted by atomic mass is 9.95. The monoisotopic (exact) mass is 296 g/mol. The molecule has 110 valence electrons. The molecule has 2 rings (SSSR count). The predicted octanol–water partition coefficient (Wildman–Crippen LogP) is 2.70. The summed E-state index contributed by atoms with van der Waals surface area (Å²) in [6, 6.07) is 2.42. The van der Waals surface area contributed by atoms with Crippen LogP contribution in [-0.2, 0) is 4.79 Å². The zero-order chi connectivity index (χ0) is 14.7. The summed E-state index contributed by atoms with van der Waals surface area (Å²) in [6.07, 6.45) is 2.07. The number of carboxylic acid groups (broad SMARTS) is 1. The number of likely N-dealkylation sites (tertiary alicyclic amines) is 1. The number of carboxylic acids is 1. The van der Waals surface area contributed by atoms with E-state index in [1.54, 1.807) is 17.0 Å². The molecular weight excluding hydrogens is 276 g/mol. The van der Waals surface area contributed by atoms with Crippen molar-refractivity contribution in [3.63, 3.8) is 0 Å². The largest absolute Gasteiger partial charge is 0.479 e. The summed E-state index contributed by atoms with van der Waals surface area (Å²) in [5, 5.41) is 13.7. The number of hydrogen-bond acceptors (Lipinski definition) is 3. The lowest BCUT2D eigenvalue weighted by molar-refractivity contribution is -0.139. The number of thiophene rings is 1. The molecule has 1 aromatic heterocycles. The molecule has 3 unspecified atom stereocenters. The van der Waals surface area contributed by atoms with Gasteiger partial charge in [-0.2, -0.15) is 0 Å². The maximum Gasteiger partial charge on any atom is 0.331 e. The lowest BCUT2D eigenvalue weighted by Crippen LogP contribution is -2.51. The summed E-state index contributed by atoms with van der Waals surface area (Å²) in [6.45, 7) is 4.80. The number of aliphatic carboxylic acids is 1. The minimum absolute atomic E-state index is 0.156. The van der Waals surface area contributed by atoms with Gasteiger partial charge in [-0.05, 0) is 37.1 Å². The number of hydrogen-bond donors (Lipinski definition) is 2. The van der Waals surface area contributed by atoms with Gasteiger partial charge in [0, 0.05) is 17.5 Å². The van der Waals surface area contributed by atoms with Crippen LogP contribution >= 0.6 is 11.3 Å². The van der Waals surface area contributed by atoms with Gasteiger partial charge in [-0.3, -0.25) is 0 Å². The van der Waals surface area contributed by atoms with Gasteiger partial charge in [-0.1, -0.05) is 13.0 Å². The van der Waals surface area contributed by atoms with Crippen LogP contribution in [0.2, 0.25) is 0 Å². The van der Waals surface area contributed by atoms with Gasteiger partial charge in [0.15, 0.2) is 6.04 Å². The topological polar surface area (TPSA) is 69.6 Å². The van der Waals surface area contributed by atoms with Gasteiger partial charge in [-0.15, -0.1) is 11.3 Å². The minimum Gasteiger partial charge on any atom is -0.479 e. The predicted molar refractivity (Wildman–Crippen MR) is 77.8 cm³/mol. The molecule has 0 saturated carbocycles. The molecule has 0 radical (unpaired) electrons. The third kappa shape index (κ3) is 3.30. The maximum atomic E-state index is 12.3. The molecule has 20 heavy (non-hydrogen) atoms. The van der Waals surface area contributed by atoms with E-state index in [1.165, 1.54) is 11.3 Å². The second kappa shape index (κ2) is 6.26. The van der Waals surface area contributed by atoms with Crippen LogP contribution in [0, 0.1) is 5.92 Å². The molecule has 2 N–H and O–H groups in total. The van der Waals surface area contributed by atoms with E-state index in [0.717, 1.165) is 12.8 Å². The van der Waals surface area contributed by atoms with E-state index < -0.39 is 12.0 Å². The molecule has 1 aliphatic rings. The fraction of sp³-hybridized carbons (Fsp3) is 0.571. The number of amides is 2. The van der Waals surface area contributed by atoms with Crippen molar-refractivity contribution >= 4 is 23.3 Å². The van der Waals surface area contributed by atoms with E-state index in [4.69, 9.17) is 0 Å². The standard InChI is InChI=1S/C14H20N2O3S/c1-9-5-6-10(2)16(8-9)14(19)15-12(13(17)18)11-4-3-7-20-11/h3-4,7,9-10,12H,5-6,8H2,1-2H3,(H,15,19)(H,17,18). The fourth-order valence-corrected chi connectivity index (χ4v) is 3.26. The molecule has 1 saturated heterocycles. The first kappa shape index (κ1) is 14.8. The molecule has 1 aliphatic heterocycles. The molecule has 5 nitrogen and oxygen atoms in total. The van der Waals surface area contributed by atoms with Crippen LogP contribution < -0.4 is 5.32 Å². The Labute approximate surface area is 122 Å². The van der Waals surface area contributed by atoms with Crippen LogP contribution in [0.4, 0.5) is 4.79 Å². The Bertz CT molecular complexity index is 475. The Morgan fingerprint density at radius 3 is 2.80 bits per heavy atom. The third-order valence-corrected chi connectivity index (χ3v) is 4.66. The zero-order valence-corrected chi connectivity index (χ0v) is 12.5. The quantitative estimate of drug-likeness (QED) is 0.901. The SMILES string of the molecule is CC1CCC(C)N(C(=O)NC(C(=O)O)c2cccs2)C1. The number of rotatable bonds is 3. The van der Waals surface area contributed by atoms with Crippen molar-refractivity contribution in [2.24, 2.45) is 5.92 Å². The smallest absolute Gasteiger partial charge is 0.331 e. The summed E-state index contributed by atoms with van der Waals surface area (Å²) in [7, 11) is 0. The molecule has 2 heterocycles. The van der Waals surface area contributed by atoms with Crippen LogP contribution in [0.1, 0.15) is 37.6 Å². The minimum atomic E-state index is -1.03. The van der Waals surface area contributed by atoms with E-state index in [9.17, 15) is 14.7 Å². The molecule has 2 amide bonds. The Morgan fingerprint density at radius 2 is 2.20 bits per heavy atom. The molecule has 0 aliphatic carbocycles. The van der Waals surface area contributed by atoms with Crippen LogP contribution in [0.3, 0.4) is 0 Å². The highest BCUT2D eigenvalue weighted by molar-refractivity contribution is 7.10. The Hall–Kier alpha value is -1.56. The van der Waals surface area contributed by atoms with Crippen molar-refractivity contribution in [2.45, 2.75) is 38.8 Å². The highest BCUT2D eigenvalue weighted by atomic mass is 32.1. The fourth-order valence-electron chi connectivity index (χ4n) is 2.49. The number of piperidine rings is 1. The molecular formula is C14H20N2O3S. The molecule has 6 heteroatoms. The first-order chi connectivity index (χ1) is 9.49. The Balaban J connectivity index is 2.06. The van der Waals surface area contributed by atoms with E-state index in [-0.39, 0.29) is 12.1 Å². The average Bonchev–Trinajstić information content (AvgIpc) is 2.91. The summed E-state index contributed by atoms with van der Waals surface area (Å²) < 4.78 is 0. The van der Waals surface area contributed by atoms with Crippen LogP contribution in [-0.4, -0.2) is 34.6 Å². The van der Waals surface area contributed by atoms with Crippen LogP contribution in [0.15, 0.2) is 17.5 Å². The number of nitrogens with zero attached hydrogens (tertiary/aromatic N) is 1. The van der Waals surface area contributed by atoms with Gasteiger partial charge in [0.05, 0.1) is 0 Å². The molecule has 1 aromatic rings. The van der Waals surface area contributed by atoms with E-state index in [2.05, 4.69) is 12.2 Å². The first-order valence-corrected chi connectivity index (χ1v) is 7.70. The molecule has 3 atom stereocenters. The average molecular weight is 296 g/mol. The van der Waals surface area contributed by atoms with Gasteiger partial charge in [0.2, 0.25) is 0 Å². The van der Waals surface area contributed by atoms with Gasteiger partial charge >= 0.3 is 12.0 Å². The third-order valence-electron chi connectivity index (χ3n) is 3.72. The number of urea groups is 1. The van der Waals surface area contributed by atoms with Crippen molar-refractivity contribution in [3.8, 4) is 0 Å². The van der Waals surface area contributed by atoms with Crippen molar-refractivity contribution in [1.29, 1.82) is 0 Å². The van der Waals surface area contributed by atoms with Crippen molar-refractivity contribution in [3.05, 3.63) is 22.4 Å². The lowest BCUT2D eigenvalue weighted by Gasteiger charge is -2.37. The summed E-state index contributed by atoms with van der Waals surface area (Å²) in [5.74, 6) is -0.569. The Kier molecular flexibility index (Phi) is 4.65. The second-order valence-corrected chi connectivity index (χ2v) is 6.40. The molecule has 0 aromatic carbocycles. The van der Waals surface area contributed by atoms with E-state index >= 15 is 0 Å². The Morgan fingerprint density at radius 1 is 1.45 bits per heavy atom. The van der Waals surface area contributed by atoms with Crippen molar-refractivity contribution in [2.75, 3.05) is 6.54 Å². The van der Waals surface area contributed by atoms with Crippen LogP contribution in [0.25, 0.3) is 0 Å². The van der Waals surface area contributed by atoms with Gasteiger partial charge in [-0.25, -0.2) is 9.59 Å². The highest BCUT2D eigenvalue weighted by Gasteiger charge is 2.30. The molecule has 0 spiro atoms. The van der Waals surface area contributed by atoms with Crippen molar-refractivity contribution in [1.82, 2.24) is 10.2 Å². The van der Waals surface area contributed by atoms with E-state index in [1.807, 2.05) is 12.3 Å². The van der Waals surface area contributed by atoms with Crippen LogP contribution in [0.5, 0.6) is 0 Å². The highest BCUT2D eigenvalue weighted by Crippen LogP contribution is 2.23. The van der Waals surface area contributed by atoms with Gasteiger partial charge < -0.3 is 15.3 Å².